The van der Waals surface area contributed by atoms with E-state index in [4.69, 9.17) is 11.6 Å². The molecule has 1 heterocycles. The number of rotatable bonds is 3. The van der Waals surface area contributed by atoms with Gasteiger partial charge in [-0.1, -0.05) is 54.1 Å². The van der Waals surface area contributed by atoms with Gasteiger partial charge in [-0.05, 0) is 41.5 Å². The SMILES string of the molecule is O=C1N(Cc2ccccc2)c2ccc(Cl)cc2[C@]1(O)c1cccc(C(F)(F)F)c1. The summed E-state index contributed by atoms with van der Waals surface area (Å²) in [5.74, 6) is -0.724. The van der Waals surface area contributed by atoms with Crippen LogP contribution in [0.5, 0.6) is 0 Å². The summed E-state index contributed by atoms with van der Waals surface area (Å²) in [6.45, 7) is 0.162. The van der Waals surface area contributed by atoms with Gasteiger partial charge < -0.3 is 10.0 Å². The lowest BCUT2D eigenvalue weighted by Crippen LogP contribution is -2.41. The Morgan fingerprint density at radius 2 is 1.69 bits per heavy atom. The second-order valence-electron chi connectivity index (χ2n) is 6.83. The van der Waals surface area contributed by atoms with Crippen molar-refractivity contribution in [1.29, 1.82) is 0 Å². The van der Waals surface area contributed by atoms with E-state index in [2.05, 4.69) is 0 Å². The minimum Gasteiger partial charge on any atom is -0.372 e. The third kappa shape index (κ3) is 3.28. The first-order chi connectivity index (χ1) is 13.7. The van der Waals surface area contributed by atoms with Gasteiger partial charge in [0.1, 0.15) is 0 Å². The smallest absolute Gasteiger partial charge is 0.372 e. The first kappa shape index (κ1) is 19.5. The van der Waals surface area contributed by atoms with Gasteiger partial charge in [0.05, 0.1) is 17.8 Å². The molecule has 0 spiro atoms. The molecule has 29 heavy (non-hydrogen) atoms. The molecule has 3 aromatic carbocycles. The van der Waals surface area contributed by atoms with E-state index in [1.165, 1.54) is 23.1 Å². The number of aliphatic hydroxyl groups is 1. The normalized spacial score (nSPS) is 18.8. The zero-order valence-electron chi connectivity index (χ0n) is 14.9. The van der Waals surface area contributed by atoms with Crippen LogP contribution in [0.25, 0.3) is 0 Å². The summed E-state index contributed by atoms with van der Waals surface area (Å²) in [4.78, 5) is 14.7. The van der Waals surface area contributed by atoms with Crippen LogP contribution in [0, 0.1) is 0 Å². The topological polar surface area (TPSA) is 40.5 Å². The van der Waals surface area contributed by atoms with Crippen molar-refractivity contribution in [2.75, 3.05) is 4.90 Å². The molecule has 0 saturated carbocycles. The second kappa shape index (κ2) is 6.90. The zero-order chi connectivity index (χ0) is 20.8. The van der Waals surface area contributed by atoms with Crippen molar-refractivity contribution in [1.82, 2.24) is 0 Å². The van der Waals surface area contributed by atoms with Crippen molar-refractivity contribution in [2.24, 2.45) is 0 Å². The predicted octanol–water partition coefficient (Wildman–Crippen LogP) is 5.14. The first-order valence-corrected chi connectivity index (χ1v) is 9.15. The molecular formula is C22H15ClF3NO2. The fourth-order valence-electron chi connectivity index (χ4n) is 3.58. The minimum atomic E-state index is -4.60. The van der Waals surface area contributed by atoms with Crippen LogP contribution in [-0.2, 0) is 23.1 Å². The first-order valence-electron chi connectivity index (χ1n) is 8.77. The van der Waals surface area contributed by atoms with Crippen molar-refractivity contribution in [2.45, 2.75) is 18.3 Å². The van der Waals surface area contributed by atoms with E-state index in [1.54, 1.807) is 12.1 Å². The summed E-state index contributed by atoms with van der Waals surface area (Å²) in [6.07, 6.45) is -4.60. The van der Waals surface area contributed by atoms with Crippen LogP contribution < -0.4 is 4.90 Å². The Labute approximate surface area is 170 Å². The molecule has 0 aliphatic carbocycles. The van der Waals surface area contributed by atoms with Crippen LogP contribution in [0.1, 0.15) is 22.3 Å². The average molecular weight is 418 g/mol. The number of carbonyl (C=O) groups is 1. The van der Waals surface area contributed by atoms with Crippen molar-refractivity contribution >= 4 is 23.2 Å². The van der Waals surface area contributed by atoms with Crippen LogP contribution in [0.15, 0.2) is 72.8 Å². The number of amides is 1. The van der Waals surface area contributed by atoms with E-state index in [0.717, 1.165) is 17.7 Å². The van der Waals surface area contributed by atoms with Gasteiger partial charge in [-0.15, -0.1) is 0 Å². The minimum absolute atomic E-state index is 0.156. The lowest BCUT2D eigenvalue weighted by molar-refractivity contribution is -0.138. The van der Waals surface area contributed by atoms with Crippen LogP contribution in [-0.4, -0.2) is 11.0 Å². The molecule has 0 unspecified atom stereocenters. The van der Waals surface area contributed by atoms with E-state index in [9.17, 15) is 23.1 Å². The summed E-state index contributed by atoms with van der Waals surface area (Å²) in [5.41, 5.74) is -1.99. The maximum absolute atomic E-state index is 13.3. The molecule has 0 fully saturated rings. The predicted molar refractivity (Wildman–Crippen MR) is 104 cm³/mol. The van der Waals surface area contributed by atoms with Gasteiger partial charge in [0.2, 0.25) is 0 Å². The van der Waals surface area contributed by atoms with E-state index in [-0.39, 0.29) is 22.7 Å². The molecule has 1 atom stereocenters. The standard InChI is InChI=1S/C22H15ClF3NO2/c23-17-9-10-19-18(12-17)21(29,15-7-4-8-16(11-15)22(24,25)26)20(28)27(19)13-14-5-2-1-3-6-14/h1-12,29H,13H2/t21-/m1/s1. The van der Waals surface area contributed by atoms with Gasteiger partial charge in [0.25, 0.3) is 5.91 Å². The van der Waals surface area contributed by atoms with Crippen molar-refractivity contribution < 1.29 is 23.1 Å². The van der Waals surface area contributed by atoms with Gasteiger partial charge in [0.15, 0.2) is 5.60 Å². The fraction of sp³-hybridized carbons (Fsp3) is 0.136. The molecule has 4 rings (SSSR count). The van der Waals surface area contributed by atoms with E-state index in [1.807, 2.05) is 30.3 Å². The molecule has 3 aromatic rings. The van der Waals surface area contributed by atoms with Crippen LogP contribution >= 0.6 is 11.6 Å². The Hall–Kier alpha value is -2.83. The number of anilines is 1. The highest BCUT2D eigenvalue weighted by atomic mass is 35.5. The van der Waals surface area contributed by atoms with E-state index < -0.39 is 23.2 Å². The molecule has 1 aliphatic rings. The van der Waals surface area contributed by atoms with Crippen LogP contribution in [0.4, 0.5) is 18.9 Å². The molecule has 3 nitrogen and oxygen atoms in total. The molecule has 0 radical (unpaired) electrons. The average Bonchev–Trinajstić information content (AvgIpc) is 2.91. The molecule has 0 bridgehead atoms. The van der Waals surface area contributed by atoms with Crippen molar-refractivity contribution in [3.8, 4) is 0 Å². The number of nitrogens with zero attached hydrogens (tertiary/aromatic N) is 1. The zero-order valence-corrected chi connectivity index (χ0v) is 15.7. The van der Waals surface area contributed by atoms with E-state index in [0.29, 0.717) is 5.69 Å². The Kier molecular flexibility index (Phi) is 4.63. The summed E-state index contributed by atoms with van der Waals surface area (Å²) < 4.78 is 39.6. The monoisotopic (exact) mass is 417 g/mol. The van der Waals surface area contributed by atoms with Crippen LogP contribution in [0.3, 0.4) is 0 Å². The van der Waals surface area contributed by atoms with Crippen LogP contribution in [0.2, 0.25) is 5.02 Å². The number of hydrogen-bond acceptors (Lipinski definition) is 2. The second-order valence-corrected chi connectivity index (χ2v) is 7.26. The Morgan fingerprint density at radius 1 is 0.966 bits per heavy atom. The van der Waals surface area contributed by atoms with Gasteiger partial charge in [-0.2, -0.15) is 13.2 Å². The number of carbonyl (C=O) groups excluding carboxylic acids is 1. The van der Waals surface area contributed by atoms with E-state index >= 15 is 0 Å². The summed E-state index contributed by atoms with van der Waals surface area (Å²) in [7, 11) is 0. The molecule has 148 valence electrons. The maximum atomic E-state index is 13.3. The molecule has 1 N–H and O–H groups in total. The quantitative estimate of drug-likeness (QED) is 0.641. The summed E-state index contributed by atoms with van der Waals surface area (Å²) in [5, 5.41) is 11.7. The van der Waals surface area contributed by atoms with Gasteiger partial charge in [-0.25, -0.2) is 0 Å². The largest absolute Gasteiger partial charge is 0.416 e. The molecule has 0 saturated heterocycles. The fourth-order valence-corrected chi connectivity index (χ4v) is 3.75. The number of hydrogen-bond donors (Lipinski definition) is 1. The summed E-state index contributed by atoms with van der Waals surface area (Å²) in [6, 6.07) is 17.9. The highest BCUT2D eigenvalue weighted by Crippen LogP contribution is 2.46. The molecule has 1 amide bonds. The third-order valence-electron chi connectivity index (χ3n) is 4.99. The summed E-state index contributed by atoms with van der Waals surface area (Å²) >= 11 is 6.08. The van der Waals surface area contributed by atoms with Crippen molar-refractivity contribution in [3.05, 3.63) is 100 Å². The highest BCUT2D eigenvalue weighted by Gasteiger charge is 2.51. The Bertz CT molecular complexity index is 1080. The number of alkyl halides is 3. The Balaban J connectivity index is 1.86. The maximum Gasteiger partial charge on any atom is 0.416 e. The Morgan fingerprint density at radius 3 is 2.38 bits per heavy atom. The van der Waals surface area contributed by atoms with Gasteiger partial charge >= 0.3 is 6.18 Å². The number of halogens is 4. The van der Waals surface area contributed by atoms with Crippen molar-refractivity contribution in [3.63, 3.8) is 0 Å². The number of fused-ring (bicyclic) bond motifs is 1. The molecule has 0 aromatic heterocycles. The number of benzene rings is 3. The molecule has 1 aliphatic heterocycles. The third-order valence-corrected chi connectivity index (χ3v) is 5.22. The lowest BCUT2D eigenvalue weighted by atomic mass is 9.86. The van der Waals surface area contributed by atoms with Gasteiger partial charge in [0, 0.05) is 10.6 Å². The molecular weight excluding hydrogens is 403 g/mol. The lowest BCUT2D eigenvalue weighted by Gasteiger charge is -2.24. The molecule has 7 heteroatoms. The highest BCUT2D eigenvalue weighted by molar-refractivity contribution is 6.31. The van der Waals surface area contributed by atoms with Gasteiger partial charge in [-0.3, -0.25) is 4.79 Å².